The maximum Gasteiger partial charge on any atom is 0.228 e. The fourth-order valence-electron chi connectivity index (χ4n) is 17.9. The second kappa shape index (κ2) is 24.9. The van der Waals surface area contributed by atoms with Crippen molar-refractivity contribution < 1.29 is 13.3 Å². The molecule has 25 rings (SSSR count). The first-order valence-electron chi connectivity index (χ1n) is 38.6. The largest absolute Gasteiger partial charge is 0.456 e. The molecule has 10 aromatic heterocycles. The summed E-state index contributed by atoms with van der Waals surface area (Å²) in [5, 5.41) is 16.6. The van der Waals surface area contributed by atoms with Crippen LogP contribution in [-0.2, 0) is 0 Å². The van der Waals surface area contributed by atoms with Crippen LogP contribution in [0.4, 0.5) is 0 Å². The van der Waals surface area contributed by atoms with Crippen LogP contribution in [0.15, 0.2) is 353 Å². The van der Waals surface area contributed by atoms with Gasteiger partial charge in [-0.05, 0) is 112 Å². The molecule has 0 fully saturated rings. The van der Waals surface area contributed by atoms with Gasteiger partial charge in [-0.3, -0.25) is 0 Å². The molecule has 0 aliphatic carbocycles. The highest BCUT2D eigenvalue weighted by Gasteiger charge is 2.28. The number of furan rings is 3. The van der Waals surface area contributed by atoms with E-state index in [1.165, 1.54) is 5.39 Å². The molecule has 0 bridgehead atoms. The van der Waals surface area contributed by atoms with Gasteiger partial charge >= 0.3 is 0 Å². The summed E-state index contributed by atoms with van der Waals surface area (Å²) in [4.78, 5) is 42.5. The summed E-state index contributed by atoms with van der Waals surface area (Å²) >= 11 is 1.75. The third-order valence-corrected chi connectivity index (χ3v) is 24.4. The minimum absolute atomic E-state index is 0.453. The van der Waals surface area contributed by atoms with E-state index in [0.717, 1.165) is 190 Å². The SMILES string of the molecule is c1ccc(-c2ccc(-c3nc(-c4ccc5c(c4)oc4ccccc45)nc(-c4ccnc5oc6c(-n7c8ccc(-c9cc(-c%10nc(-c%11ccccc%11)nc(-c%11ccnc%12oc%13c(-n%14c%15ccccc%15c%15ccc%16ccccc%16c%15%14)cccc%13c%11%12)n%10)c%10sc%11ccccc%11c%10c9)cc8c8ccc9ccccc9c87)cccc6c45)n3)cc2)cc1. The monoisotopic (exact) mass is 1500 g/mol. The normalized spacial score (nSPS) is 12.1. The third kappa shape index (κ3) is 9.74. The second-order valence-electron chi connectivity index (χ2n) is 29.6. The number of nitrogens with zero attached hydrogens (tertiary/aromatic N) is 10. The van der Waals surface area contributed by atoms with E-state index in [2.05, 4.69) is 276 Å². The summed E-state index contributed by atoms with van der Waals surface area (Å²) < 4.78 is 27.6. The van der Waals surface area contributed by atoms with Gasteiger partial charge in [0, 0.05) is 120 Å². The molecule has 0 spiro atoms. The number of fused-ring (bicyclic) bond motifs is 22. The average molecular weight is 1500 g/mol. The number of pyridine rings is 2. The molecule has 0 aliphatic heterocycles. The van der Waals surface area contributed by atoms with Crippen molar-refractivity contribution in [3.8, 4) is 102 Å². The topological polar surface area (TPSA) is 152 Å². The molecular formula is C102H56N10O3S. The number of aromatic nitrogens is 10. The van der Waals surface area contributed by atoms with Crippen molar-refractivity contribution in [3.05, 3.63) is 340 Å². The zero-order valence-electron chi connectivity index (χ0n) is 61.4. The van der Waals surface area contributed by atoms with Crippen LogP contribution in [0.3, 0.4) is 0 Å². The van der Waals surface area contributed by atoms with Crippen molar-refractivity contribution in [2.45, 2.75) is 0 Å². The van der Waals surface area contributed by atoms with Gasteiger partial charge in [-0.15, -0.1) is 11.3 Å². The standard InChI is InChI=1S/C102H56N10O3S/c1-3-19-57(20-4-1)58-37-39-62(40-38-58)96-105-97(64-43-45-70-69-28-12-15-35-85(69)113-86(70)56-64)109-98(107-96)76-49-51-103-101-88(76)74-31-18-34-84(93(74)115-101)112-82-48-44-63(53-78(82)73-47-42-60-22-8-10-26-67(60)91(73)112)65-54-79-71-29-13-16-36-87(71)116-94(79)80(55-65)100-108-95(61-23-5-2-6-24-61)106-99(110-100)77-50-52-104-102-89(77)75-30-17-33-83(92(75)114-102)111-81-32-14-11-27-68(81)72-46-41-59-21-7-9-25-66(59)90(72)111/h1-56H. The van der Waals surface area contributed by atoms with E-state index < -0.39 is 0 Å². The van der Waals surface area contributed by atoms with Crippen LogP contribution in [0.5, 0.6) is 0 Å². The number of thiophene rings is 1. The van der Waals surface area contributed by atoms with Gasteiger partial charge in [0.25, 0.3) is 0 Å². The minimum atomic E-state index is 0.453. The van der Waals surface area contributed by atoms with E-state index >= 15 is 0 Å². The molecule has 116 heavy (non-hydrogen) atoms. The molecule has 0 saturated carbocycles. The highest BCUT2D eigenvalue weighted by Crippen LogP contribution is 2.49. The van der Waals surface area contributed by atoms with E-state index in [1.54, 1.807) is 23.7 Å². The molecule has 0 saturated heterocycles. The van der Waals surface area contributed by atoms with Crippen LogP contribution in [0.2, 0.25) is 0 Å². The number of rotatable bonds is 10. The van der Waals surface area contributed by atoms with Crippen molar-refractivity contribution in [2.24, 2.45) is 0 Å². The smallest absolute Gasteiger partial charge is 0.228 e. The Morgan fingerprint density at radius 1 is 0.250 bits per heavy atom. The van der Waals surface area contributed by atoms with Crippen LogP contribution < -0.4 is 0 Å². The van der Waals surface area contributed by atoms with Gasteiger partial charge in [0.2, 0.25) is 11.4 Å². The van der Waals surface area contributed by atoms with E-state index in [1.807, 2.05) is 60.7 Å². The Morgan fingerprint density at radius 3 is 1.37 bits per heavy atom. The molecule has 0 N–H and O–H groups in total. The van der Waals surface area contributed by atoms with Gasteiger partial charge in [0.15, 0.2) is 46.1 Å². The van der Waals surface area contributed by atoms with Gasteiger partial charge < -0.3 is 22.4 Å². The Hall–Kier alpha value is -15.6. The van der Waals surface area contributed by atoms with Gasteiger partial charge in [-0.1, -0.05) is 249 Å². The molecule has 10 heterocycles. The number of para-hydroxylation sites is 4. The molecule has 538 valence electrons. The maximum atomic E-state index is 7.18. The lowest BCUT2D eigenvalue weighted by Gasteiger charge is -2.12. The summed E-state index contributed by atoms with van der Waals surface area (Å²) in [5.41, 5.74) is 19.0. The number of benzene rings is 15. The van der Waals surface area contributed by atoms with Crippen LogP contribution in [-0.4, -0.2) is 49.0 Å². The van der Waals surface area contributed by atoms with Gasteiger partial charge in [0.1, 0.15) is 11.2 Å². The van der Waals surface area contributed by atoms with Crippen LogP contribution in [0.1, 0.15) is 0 Å². The quantitative estimate of drug-likeness (QED) is 0.129. The van der Waals surface area contributed by atoms with E-state index in [9.17, 15) is 0 Å². The summed E-state index contributed by atoms with van der Waals surface area (Å²) in [6.07, 6.45) is 3.58. The van der Waals surface area contributed by atoms with Crippen molar-refractivity contribution in [2.75, 3.05) is 0 Å². The Labute approximate surface area is 662 Å². The van der Waals surface area contributed by atoms with Gasteiger partial charge in [-0.2, -0.15) is 0 Å². The Morgan fingerprint density at radius 2 is 0.707 bits per heavy atom. The van der Waals surface area contributed by atoms with Crippen molar-refractivity contribution in [3.63, 3.8) is 0 Å². The molecule has 14 heteroatoms. The minimum Gasteiger partial charge on any atom is -0.456 e. The van der Waals surface area contributed by atoms with E-state index in [0.29, 0.717) is 57.5 Å². The molecule has 0 amide bonds. The Balaban J connectivity index is 0.659. The second-order valence-corrected chi connectivity index (χ2v) is 30.7. The zero-order valence-corrected chi connectivity index (χ0v) is 62.3. The number of hydrogen-bond acceptors (Lipinski definition) is 12. The highest BCUT2D eigenvalue weighted by molar-refractivity contribution is 7.26. The molecular weight excluding hydrogens is 1450 g/mol. The first-order valence-corrected chi connectivity index (χ1v) is 39.4. The summed E-state index contributed by atoms with van der Waals surface area (Å²) in [6, 6.07) is 115. The lowest BCUT2D eigenvalue weighted by Crippen LogP contribution is -2.01. The molecule has 13 nitrogen and oxygen atoms in total. The predicted molar refractivity (Wildman–Crippen MR) is 471 cm³/mol. The maximum absolute atomic E-state index is 7.18. The third-order valence-electron chi connectivity index (χ3n) is 23.2. The molecule has 0 unspecified atom stereocenters. The molecule has 0 radical (unpaired) electrons. The molecule has 25 aromatic rings. The predicted octanol–water partition coefficient (Wildman–Crippen LogP) is 26.7. The highest BCUT2D eigenvalue weighted by atomic mass is 32.1. The van der Waals surface area contributed by atoms with Crippen molar-refractivity contribution in [1.29, 1.82) is 0 Å². The summed E-state index contributed by atoms with van der Waals surface area (Å²) in [7, 11) is 0. The number of hydrogen-bond donors (Lipinski definition) is 0. The van der Waals surface area contributed by atoms with Gasteiger partial charge in [0.05, 0.1) is 44.2 Å². The average Bonchev–Trinajstić information content (AvgIpc) is 1.56. The first kappa shape index (κ1) is 64.1. The molecule has 0 aliphatic rings. The molecule has 0 atom stereocenters. The van der Waals surface area contributed by atoms with E-state index in [4.69, 9.17) is 53.1 Å². The fourth-order valence-corrected chi connectivity index (χ4v) is 19.1. The van der Waals surface area contributed by atoms with Crippen LogP contribution in [0.25, 0.3) is 253 Å². The van der Waals surface area contributed by atoms with E-state index in [-0.39, 0.29) is 0 Å². The van der Waals surface area contributed by atoms with Crippen LogP contribution in [0, 0.1) is 0 Å². The van der Waals surface area contributed by atoms with Crippen LogP contribution >= 0.6 is 11.3 Å². The van der Waals surface area contributed by atoms with Crippen molar-refractivity contribution in [1.82, 2.24) is 49.0 Å². The summed E-state index contributed by atoms with van der Waals surface area (Å²) in [5.74, 6) is 3.06. The molecule has 15 aromatic carbocycles. The first-order chi connectivity index (χ1) is 57.5. The Bertz CT molecular complexity index is 8490. The summed E-state index contributed by atoms with van der Waals surface area (Å²) in [6.45, 7) is 0. The Kier molecular flexibility index (Phi) is 13.8. The van der Waals surface area contributed by atoms with Gasteiger partial charge in [-0.25, -0.2) is 39.9 Å². The zero-order chi connectivity index (χ0) is 75.8. The lowest BCUT2D eigenvalue weighted by atomic mass is 9.97. The van der Waals surface area contributed by atoms with Crippen molar-refractivity contribution >= 4 is 163 Å². The lowest BCUT2D eigenvalue weighted by molar-refractivity contribution is 0.651. The fraction of sp³-hybridized carbons (Fsp3) is 0.